The van der Waals surface area contributed by atoms with Crippen LogP contribution in [0.3, 0.4) is 0 Å². The summed E-state index contributed by atoms with van der Waals surface area (Å²) in [6.07, 6.45) is 1.93. The molecule has 0 aromatic heterocycles. The van der Waals surface area contributed by atoms with E-state index < -0.39 is 15.6 Å². The predicted molar refractivity (Wildman–Crippen MR) is 88.9 cm³/mol. The van der Waals surface area contributed by atoms with Gasteiger partial charge in [-0.1, -0.05) is 12.1 Å². The number of aryl methyl sites for hydroxylation is 1. The molecular weight excluding hydrogens is 332 g/mol. The second-order valence-electron chi connectivity index (χ2n) is 6.15. The van der Waals surface area contributed by atoms with Gasteiger partial charge in [0.2, 0.25) is 15.9 Å². The molecule has 1 amide bonds. The van der Waals surface area contributed by atoms with Crippen LogP contribution < -0.4 is 4.72 Å². The maximum Gasteiger partial charge on any atom is 0.240 e. The van der Waals surface area contributed by atoms with Crippen LogP contribution in [0.1, 0.15) is 24.8 Å². The second kappa shape index (κ2) is 7.60. The summed E-state index contributed by atoms with van der Waals surface area (Å²) < 4.78 is 25.6. The van der Waals surface area contributed by atoms with Crippen molar-refractivity contribution in [2.45, 2.75) is 36.2 Å². The maximum atomic E-state index is 12.3. The number of piperidine rings is 1. The van der Waals surface area contributed by atoms with Crippen LogP contribution in [-0.2, 0) is 21.2 Å². The summed E-state index contributed by atoms with van der Waals surface area (Å²) >= 11 is 0. The zero-order valence-corrected chi connectivity index (χ0v) is 14.6. The Morgan fingerprint density at radius 2 is 2.00 bits per heavy atom. The van der Waals surface area contributed by atoms with E-state index in [2.05, 4.69) is 4.72 Å². The first-order valence-electron chi connectivity index (χ1n) is 7.93. The number of carbonyl (C=O) groups excluding carboxylic acids is 1. The molecule has 2 rings (SSSR count). The lowest BCUT2D eigenvalue weighted by Crippen LogP contribution is -2.52. The number of sulfonamides is 1. The first-order chi connectivity index (χ1) is 11.3. The highest BCUT2D eigenvalue weighted by molar-refractivity contribution is 7.89. The first kappa shape index (κ1) is 18.9. The summed E-state index contributed by atoms with van der Waals surface area (Å²) in [6, 6.07) is 6.41. The number of hydrogen-bond acceptors (Lipinski definition) is 5. The van der Waals surface area contributed by atoms with E-state index in [9.17, 15) is 23.4 Å². The average Bonchev–Trinajstić information content (AvgIpc) is 2.60. The molecule has 0 saturated carbocycles. The number of nitrogens with zero attached hydrogens (tertiary/aromatic N) is 1. The van der Waals surface area contributed by atoms with Crippen molar-refractivity contribution in [2.24, 2.45) is 0 Å². The van der Waals surface area contributed by atoms with Gasteiger partial charge >= 0.3 is 0 Å². The SMILES string of the molecule is CNS(=O)(=O)c1ccc(CCC(=O)N2CCC[C@@](O)(CO)C2)cc1. The number of β-amino-alcohol motifs (C(OH)–C–C–N with tert-alkyl or cyclic N) is 1. The number of benzene rings is 1. The molecule has 24 heavy (non-hydrogen) atoms. The Morgan fingerprint density at radius 3 is 2.58 bits per heavy atom. The Bertz CT molecular complexity index is 674. The topological polar surface area (TPSA) is 107 Å². The molecule has 1 aromatic carbocycles. The molecule has 0 unspecified atom stereocenters. The van der Waals surface area contributed by atoms with Crippen LogP contribution in [0.25, 0.3) is 0 Å². The van der Waals surface area contributed by atoms with Gasteiger partial charge in [0.1, 0.15) is 5.60 Å². The zero-order valence-electron chi connectivity index (χ0n) is 13.7. The molecule has 8 heteroatoms. The lowest BCUT2D eigenvalue weighted by atomic mass is 9.93. The first-order valence-corrected chi connectivity index (χ1v) is 9.41. The minimum absolute atomic E-state index is 0.0755. The fraction of sp³-hybridized carbons (Fsp3) is 0.562. The molecule has 134 valence electrons. The summed E-state index contributed by atoms with van der Waals surface area (Å²) in [7, 11) is -2.10. The van der Waals surface area contributed by atoms with Crippen molar-refractivity contribution in [2.75, 3.05) is 26.7 Å². The lowest BCUT2D eigenvalue weighted by molar-refractivity contribution is -0.140. The van der Waals surface area contributed by atoms with E-state index in [-0.39, 0.29) is 30.4 Å². The van der Waals surface area contributed by atoms with Crippen LogP contribution in [0.2, 0.25) is 0 Å². The van der Waals surface area contributed by atoms with Crippen LogP contribution in [0.4, 0.5) is 0 Å². The van der Waals surface area contributed by atoms with Crippen molar-refractivity contribution in [3.63, 3.8) is 0 Å². The maximum absolute atomic E-state index is 12.3. The van der Waals surface area contributed by atoms with Crippen molar-refractivity contribution in [3.8, 4) is 0 Å². The number of carbonyl (C=O) groups is 1. The largest absolute Gasteiger partial charge is 0.393 e. The van der Waals surface area contributed by atoms with Gasteiger partial charge in [-0.3, -0.25) is 4.79 Å². The van der Waals surface area contributed by atoms with Gasteiger partial charge in [0.25, 0.3) is 0 Å². The van der Waals surface area contributed by atoms with E-state index in [1.165, 1.54) is 19.2 Å². The fourth-order valence-corrected chi connectivity index (χ4v) is 3.55. The monoisotopic (exact) mass is 356 g/mol. The summed E-state index contributed by atoms with van der Waals surface area (Å²) in [6.45, 7) is 0.389. The number of rotatable bonds is 6. The van der Waals surface area contributed by atoms with Crippen LogP contribution in [0.5, 0.6) is 0 Å². The molecule has 0 radical (unpaired) electrons. The van der Waals surface area contributed by atoms with E-state index >= 15 is 0 Å². The van der Waals surface area contributed by atoms with Gasteiger partial charge in [-0.25, -0.2) is 13.1 Å². The Morgan fingerprint density at radius 1 is 1.33 bits per heavy atom. The molecule has 0 aliphatic carbocycles. The molecule has 1 aliphatic heterocycles. The standard InChI is InChI=1S/C16H24N2O5S/c1-17-24(22,23)14-6-3-13(4-7-14)5-8-15(20)18-10-2-9-16(21,11-18)12-19/h3-4,6-7,17,19,21H,2,5,8-12H2,1H3/t16-/m0/s1. The predicted octanol–water partition coefficient (Wildman–Crippen LogP) is -0.127. The van der Waals surface area contributed by atoms with Gasteiger partial charge in [-0.15, -0.1) is 0 Å². The van der Waals surface area contributed by atoms with Gasteiger partial charge in [0.15, 0.2) is 0 Å². The Balaban J connectivity index is 1.92. The van der Waals surface area contributed by atoms with Crippen LogP contribution >= 0.6 is 0 Å². The van der Waals surface area contributed by atoms with Gasteiger partial charge < -0.3 is 15.1 Å². The Labute approximate surface area is 142 Å². The molecule has 3 N–H and O–H groups in total. The lowest BCUT2D eigenvalue weighted by Gasteiger charge is -2.38. The fourth-order valence-electron chi connectivity index (χ4n) is 2.82. The van der Waals surface area contributed by atoms with Gasteiger partial charge in [-0.2, -0.15) is 0 Å². The van der Waals surface area contributed by atoms with Gasteiger partial charge in [0, 0.05) is 13.0 Å². The van der Waals surface area contributed by atoms with E-state index in [0.717, 1.165) is 5.56 Å². The molecule has 1 heterocycles. The smallest absolute Gasteiger partial charge is 0.240 e. The third-order valence-corrected chi connectivity index (χ3v) is 5.76. The van der Waals surface area contributed by atoms with E-state index in [4.69, 9.17) is 0 Å². The Hall–Kier alpha value is -1.48. The second-order valence-corrected chi connectivity index (χ2v) is 8.04. The molecule has 1 fully saturated rings. The third-order valence-electron chi connectivity index (χ3n) is 4.33. The molecular formula is C16H24N2O5S. The molecule has 0 bridgehead atoms. The third kappa shape index (κ3) is 4.54. The number of hydrogen-bond donors (Lipinski definition) is 3. The Kier molecular flexibility index (Phi) is 5.97. The van der Waals surface area contributed by atoms with Crippen molar-refractivity contribution in [1.82, 2.24) is 9.62 Å². The minimum atomic E-state index is -3.46. The summed E-state index contributed by atoms with van der Waals surface area (Å²) in [4.78, 5) is 14.0. The molecule has 0 spiro atoms. The van der Waals surface area contributed by atoms with Crippen molar-refractivity contribution in [1.29, 1.82) is 0 Å². The summed E-state index contributed by atoms with van der Waals surface area (Å²) in [5.41, 5.74) is -0.329. The molecule has 1 saturated heterocycles. The number of nitrogens with one attached hydrogen (secondary N) is 1. The quantitative estimate of drug-likeness (QED) is 0.658. The number of likely N-dealkylation sites (tertiary alicyclic amines) is 1. The highest BCUT2D eigenvalue weighted by Crippen LogP contribution is 2.21. The molecule has 1 atom stereocenters. The number of aliphatic hydroxyl groups excluding tert-OH is 1. The molecule has 1 aliphatic rings. The minimum Gasteiger partial charge on any atom is -0.393 e. The van der Waals surface area contributed by atoms with Crippen LogP contribution in [-0.4, -0.2) is 61.8 Å². The zero-order chi connectivity index (χ0) is 17.8. The highest BCUT2D eigenvalue weighted by Gasteiger charge is 2.34. The van der Waals surface area contributed by atoms with Crippen molar-refractivity contribution >= 4 is 15.9 Å². The normalized spacial score (nSPS) is 21.7. The van der Waals surface area contributed by atoms with Gasteiger partial charge in [-0.05, 0) is 44.0 Å². The van der Waals surface area contributed by atoms with Crippen LogP contribution in [0.15, 0.2) is 29.2 Å². The highest BCUT2D eigenvalue weighted by atomic mass is 32.2. The van der Waals surface area contributed by atoms with Gasteiger partial charge in [0.05, 0.1) is 18.0 Å². The van der Waals surface area contributed by atoms with E-state index in [0.29, 0.717) is 25.8 Å². The number of amides is 1. The summed E-state index contributed by atoms with van der Waals surface area (Å²) in [5, 5.41) is 19.3. The number of aliphatic hydroxyl groups is 2. The molecule has 7 nitrogen and oxygen atoms in total. The van der Waals surface area contributed by atoms with Crippen molar-refractivity contribution < 1.29 is 23.4 Å². The summed E-state index contributed by atoms with van der Waals surface area (Å²) in [5.74, 6) is -0.0755. The van der Waals surface area contributed by atoms with Crippen LogP contribution in [0, 0.1) is 0 Å². The van der Waals surface area contributed by atoms with Crippen molar-refractivity contribution in [3.05, 3.63) is 29.8 Å². The average molecular weight is 356 g/mol. The molecule has 1 aromatic rings. The van der Waals surface area contributed by atoms with E-state index in [1.54, 1.807) is 17.0 Å². The van der Waals surface area contributed by atoms with E-state index in [1.807, 2.05) is 0 Å².